The fraction of sp³-hybridized carbons (Fsp3) is 0.600. The number of amides is 1. The SMILES string of the molecule is C[C@H]1CN(C(=O)C[NH+]2CCC(c3nc4ccccc4s3)CC2)C[C@H](C)O1. The Morgan fingerprint density at radius 2 is 1.92 bits per heavy atom. The Morgan fingerprint density at radius 1 is 1.23 bits per heavy atom. The summed E-state index contributed by atoms with van der Waals surface area (Å²) in [6.07, 6.45) is 2.53. The van der Waals surface area contributed by atoms with Gasteiger partial charge in [-0.2, -0.15) is 0 Å². The third-order valence-corrected chi connectivity index (χ3v) is 6.72. The van der Waals surface area contributed by atoms with Crippen LogP contribution in [0.2, 0.25) is 0 Å². The smallest absolute Gasteiger partial charge is 0.277 e. The molecule has 2 fully saturated rings. The molecule has 2 aliphatic rings. The highest BCUT2D eigenvalue weighted by Gasteiger charge is 2.31. The zero-order chi connectivity index (χ0) is 18.1. The first-order valence-corrected chi connectivity index (χ1v) is 10.5. The predicted octanol–water partition coefficient (Wildman–Crippen LogP) is 1.69. The van der Waals surface area contributed by atoms with Gasteiger partial charge in [-0.1, -0.05) is 12.1 Å². The molecule has 5 nitrogen and oxygen atoms in total. The number of fused-ring (bicyclic) bond motifs is 1. The Balaban J connectivity index is 1.31. The lowest BCUT2D eigenvalue weighted by atomic mass is 9.97. The van der Waals surface area contributed by atoms with Gasteiger partial charge >= 0.3 is 0 Å². The minimum atomic E-state index is 0.141. The van der Waals surface area contributed by atoms with Gasteiger partial charge in [0.2, 0.25) is 0 Å². The van der Waals surface area contributed by atoms with E-state index in [1.54, 1.807) is 0 Å². The van der Waals surface area contributed by atoms with Gasteiger partial charge in [-0.25, -0.2) is 4.98 Å². The zero-order valence-corrected chi connectivity index (χ0v) is 16.4. The van der Waals surface area contributed by atoms with E-state index in [0.29, 0.717) is 12.5 Å². The van der Waals surface area contributed by atoms with Crippen molar-refractivity contribution in [1.29, 1.82) is 0 Å². The molecule has 1 aromatic carbocycles. The van der Waals surface area contributed by atoms with E-state index in [-0.39, 0.29) is 18.1 Å². The van der Waals surface area contributed by atoms with Crippen LogP contribution in [0.25, 0.3) is 10.2 Å². The van der Waals surface area contributed by atoms with Crippen LogP contribution in [0.3, 0.4) is 0 Å². The van der Waals surface area contributed by atoms with Gasteiger partial charge in [-0.3, -0.25) is 4.79 Å². The molecule has 1 amide bonds. The summed E-state index contributed by atoms with van der Waals surface area (Å²) in [7, 11) is 0. The van der Waals surface area contributed by atoms with Crippen LogP contribution < -0.4 is 4.90 Å². The fourth-order valence-corrected chi connectivity index (χ4v) is 5.36. The average Bonchev–Trinajstić information content (AvgIpc) is 3.05. The molecule has 0 unspecified atom stereocenters. The molecule has 140 valence electrons. The average molecular weight is 375 g/mol. The number of carbonyl (C=O) groups is 1. The number of para-hydroxylation sites is 1. The van der Waals surface area contributed by atoms with Crippen molar-refractivity contribution in [2.24, 2.45) is 0 Å². The maximum absolute atomic E-state index is 12.7. The number of hydrogen-bond acceptors (Lipinski definition) is 4. The van der Waals surface area contributed by atoms with Crippen molar-refractivity contribution in [2.75, 3.05) is 32.7 Å². The van der Waals surface area contributed by atoms with Crippen LogP contribution in [0.1, 0.15) is 37.6 Å². The highest BCUT2D eigenvalue weighted by Crippen LogP contribution is 2.31. The van der Waals surface area contributed by atoms with E-state index < -0.39 is 0 Å². The number of nitrogens with one attached hydrogen (secondary N) is 1. The molecule has 0 saturated carbocycles. The second-order valence-electron chi connectivity index (χ2n) is 7.78. The lowest BCUT2D eigenvalue weighted by Gasteiger charge is -2.36. The molecule has 0 radical (unpaired) electrons. The number of likely N-dealkylation sites (tertiary alicyclic amines) is 1. The topological polar surface area (TPSA) is 46.9 Å². The first kappa shape index (κ1) is 17.9. The van der Waals surface area contributed by atoms with Crippen LogP contribution in [-0.4, -0.2) is 60.7 Å². The molecule has 2 atom stereocenters. The molecule has 6 heteroatoms. The third-order valence-electron chi connectivity index (χ3n) is 5.53. The van der Waals surface area contributed by atoms with Gasteiger partial charge in [0.25, 0.3) is 5.91 Å². The molecule has 0 spiro atoms. The number of thiazole rings is 1. The summed E-state index contributed by atoms with van der Waals surface area (Å²) in [5.41, 5.74) is 1.12. The van der Waals surface area contributed by atoms with E-state index in [9.17, 15) is 4.79 Å². The number of ether oxygens (including phenoxy) is 1. The minimum Gasteiger partial charge on any atom is -0.372 e. The first-order chi connectivity index (χ1) is 12.6. The molecular formula is C20H28N3O2S+. The van der Waals surface area contributed by atoms with Gasteiger partial charge in [0.15, 0.2) is 6.54 Å². The molecule has 1 N–H and O–H groups in total. The zero-order valence-electron chi connectivity index (χ0n) is 15.6. The van der Waals surface area contributed by atoms with E-state index in [1.807, 2.05) is 30.1 Å². The molecule has 26 heavy (non-hydrogen) atoms. The van der Waals surface area contributed by atoms with Crippen LogP contribution in [0.4, 0.5) is 0 Å². The molecule has 2 saturated heterocycles. The Hall–Kier alpha value is -1.50. The molecule has 2 aliphatic heterocycles. The monoisotopic (exact) mass is 374 g/mol. The standard InChI is InChI=1S/C20H27N3O2S/c1-14-11-23(12-15(2)25-14)19(24)13-22-9-7-16(8-10-22)20-21-17-5-3-4-6-18(17)26-20/h3-6,14-16H,7-13H2,1-2H3/p+1/t14-,15-/m0/s1. The number of carbonyl (C=O) groups excluding carboxylic acids is 1. The van der Waals surface area contributed by atoms with Crippen LogP contribution >= 0.6 is 11.3 Å². The van der Waals surface area contributed by atoms with Crippen LogP contribution in [0, 0.1) is 0 Å². The van der Waals surface area contributed by atoms with Crippen LogP contribution in [0.15, 0.2) is 24.3 Å². The van der Waals surface area contributed by atoms with E-state index in [2.05, 4.69) is 24.3 Å². The highest BCUT2D eigenvalue weighted by molar-refractivity contribution is 7.18. The van der Waals surface area contributed by atoms with Crippen molar-refractivity contribution in [3.05, 3.63) is 29.3 Å². The Bertz CT molecular complexity index is 726. The predicted molar refractivity (Wildman–Crippen MR) is 104 cm³/mol. The molecule has 0 bridgehead atoms. The van der Waals surface area contributed by atoms with Crippen molar-refractivity contribution in [3.8, 4) is 0 Å². The van der Waals surface area contributed by atoms with Crippen molar-refractivity contribution in [1.82, 2.24) is 9.88 Å². The molecule has 0 aliphatic carbocycles. The summed E-state index contributed by atoms with van der Waals surface area (Å²) in [6.45, 7) is 8.28. The van der Waals surface area contributed by atoms with Crippen LogP contribution in [-0.2, 0) is 9.53 Å². The number of aromatic nitrogens is 1. The quantitative estimate of drug-likeness (QED) is 0.889. The Kier molecular flexibility index (Phi) is 5.25. The third kappa shape index (κ3) is 3.92. The van der Waals surface area contributed by atoms with E-state index >= 15 is 0 Å². The lowest BCUT2D eigenvalue weighted by Crippen LogP contribution is -3.14. The summed E-state index contributed by atoms with van der Waals surface area (Å²) in [5, 5.41) is 1.27. The van der Waals surface area contributed by atoms with Crippen molar-refractivity contribution >= 4 is 27.5 Å². The van der Waals surface area contributed by atoms with Gasteiger partial charge in [0.1, 0.15) is 0 Å². The number of morpholine rings is 1. The normalized spacial score (nSPS) is 29.8. The molecule has 1 aromatic heterocycles. The summed E-state index contributed by atoms with van der Waals surface area (Å²) >= 11 is 1.83. The highest BCUT2D eigenvalue weighted by atomic mass is 32.1. The van der Waals surface area contributed by atoms with E-state index in [0.717, 1.165) is 44.5 Å². The maximum Gasteiger partial charge on any atom is 0.277 e. The fourth-order valence-electron chi connectivity index (χ4n) is 4.22. The molecule has 3 heterocycles. The van der Waals surface area contributed by atoms with Gasteiger partial charge in [-0.15, -0.1) is 11.3 Å². The number of benzene rings is 1. The van der Waals surface area contributed by atoms with Crippen molar-refractivity contribution in [3.63, 3.8) is 0 Å². The Morgan fingerprint density at radius 3 is 2.62 bits per heavy atom. The number of hydrogen-bond donors (Lipinski definition) is 1. The van der Waals surface area contributed by atoms with E-state index in [1.165, 1.54) is 14.6 Å². The first-order valence-electron chi connectivity index (χ1n) is 9.70. The number of piperidine rings is 1. The van der Waals surface area contributed by atoms with Gasteiger partial charge in [-0.05, 0) is 26.0 Å². The van der Waals surface area contributed by atoms with E-state index in [4.69, 9.17) is 9.72 Å². The summed E-state index contributed by atoms with van der Waals surface area (Å²) in [5.74, 6) is 0.829. The van der Waals surface area contributed by atoms with Crippen LogP contribution in [0.5, 0.6) is 0 Å². The second kappa shape index (κ2) is 7.62. The number of rotatable bonds is 3. The van der Waals surface area contributed by atoms with Gasteiger partial charge < -0.3 is 14.5 Å². The minimum absolute atomic E-state index is 0.141. The summed E-state index contributed by atoms with van der Waals surface area (Å²) in [6, 6.07) is 8.38. The lowest BCUT2D eigenvalue weighted by molar-refractivity contribution is -0.897. The Labute approximate surface area is 159 Å². The van der Waals surface area contributed by atoms with Gasteiger partial charge in [0.05, 0.1) is 40.5 Å². The maximum atomic E-state index is 12.7. The number of nitrogens with zero attached hydrogens (tertiary/aromatic N) is 2. The van der Waals surface area contributed by atoms with Gasteiger partial charge in [0, 0.05) is 31.8 Å². The molecule has 2 aromatic rings. The van der Waals surface area contributed by atoms with Crippen molar-refractivity contribution < 1.29 is 14.4 Å². The number of quaternary nitrogens is 1. The largest absolute Gasteiger partial charge is 0.372 e. The summed E-state index contributed by atoms with van der Waals surface area (Å²) in [4.78, 5) is 20.9. The van der Waals surface area contributed by atoms with Crippen molar-refractivity contribution in [2.45, 2.75) is 44.8 Å². The molecular weight excluding hydrogens is 346 g/mol. The molecule has 4 rings (SSSR count). The second-order valence-corrected chi connectivity index (χ2v) is 8.84. The summed E-state index contributed by atoms with van der Waals surface area (Å²) < 4.78 is 7.02.